The molecule has 0 unspecified atom stereocenters. The van der Waals surface area contributed by atoms with E-state index in [4.69, 9.17) is 0 Å². The number of hydrogen-bond donors (Lipinski definition) is 1. The molecule has 1 heterocycles. The van der Waals surface area contributed by atoms with E-state index >= 15 is 0 Å². The molecule has 0 saturated heterocycles. The van der Waals surface area contributed by atoms with E-state index in [9.17, 15) is 8.42 Å². The van der Waals surface area contributed by atoms with Gasteiger partial charge in [0.05, 0.1) is 4.88 Å². The van der Waals surface area contributed by atoms with Crippen molar-refractivity contribution in [1.29, 1.82) is 0 Å². The molecule has 0 aliphatic heterocycles. The first-order valence-electron chi connectivity index (χ1n) is 4.09. The first kappa shape index (κ1) is 10.1. The summed E-state index contributed by atoms with van der Waals surface area (Å²) in [6.45, 7) is 0. The van der Waals surface area contributed by atoms with Gasteiger partial charge in [0.25, 0.3) is 5.19 Å². The Balaban J connectivity index is 2.28. The van der Waals surface area contributed by atoms with Crippen LogP contribution in [0.5, 0.6) is 5.19 Å². The maximum absolute atomic E-state index is 10.3. The van der Waals surface area contributed by atoms with Gasteiger partial charge in [-0.15, -0.1) is 0 Å². The van der Waals surface area contributed by atoms with Crippen molar-refractivity contribution >= 4 is 22.3 Å². The van der Waals surface area contributed by atoms with E-state index in [1.807, 2.05) is 30.3 Å². The molecule has 0 aliphatic rings. The highest BCUT2D eigenvalue weighted by atomic mass is 32.2. The monoisotopic (exact) mass is 241 g/mol. The first-order chi connectivity index (χ1) is 7.25. The van der Waals surface area contributed by atoms with E-state index in [1.165, 1.54) is 11.3 Å². The van der Waals surface area contributed by atoms with Crippen LogP contribution in [0.2, 0.25) is 0 Å². The summed E-state index contributed by atoms with van der Waals surface area (Å²) >= 11 is 1.20. The fourth-order valence-electron chi connectivity index (χ4n) is 1.10. The van der Waals surface area contributed by atoms with E-state index in [-0.39, 0.29) is 5.19 Å². The Hall–Kier alpha value is -1.40. The normalized spacial score (nSPS) is 10.5. The summed E-state index contributed by atoms with van der Waals surface area (Å²) in [6, 6.07) is 9.58. The fourth-order valence-corrected chi connectivity index (χ4v) is 2.26. The minimum absolute atomic E-state index is 0.143. The lowest BCUT2D eigenvalue weighted by atomic mass is 10.2. The molecule has 0 radical (unpaired) electrons. The minimum atomic E-state index is -2.88. The number of benzene rings is 1. The van der Waals surface area contributed by atoms with Crippen LogP contribution in [-0.4, -0.2) is 13.4 Å². The Morgan fingerprint density at radius 1 is 1.20 bits per heavy atom. The molecule has 1 aromatic heterocycles. The number of hydrogen-bond acceptors (Lipinski definition) is 5. The number of thiol groups is 1. The summed E-state index contributed by atoms with van der Waals surface area (Å²) in [4.78, 5) is 4.72. The summed E-state index contributed by atoms with van der Waals surface area (Å²) in [5.74, 6) is 0. The maximum atomic E-state index is 10.3. The molecular weight excluding hydrogens is 234 g/mol. The number of aromatic nitrogens is 1. The van der Waals surface area contributed by atoms with Crippen LogP contribution in [0.15, 0.2) is 36.5 Å². The Morgan fingerprint density at radius 2 is 1.93 bits per heavy atom. The van der Waals surface area contributed by atoms with Gasteiger partial charge in [-0.25, -0.2) is 4.98 Å². The highest BCUT2D eigenvalue weighted by molar-refractivity contribution is 7.67. The largest absolute Gasteiger partial charge is 0.353 e. The lowest BCUT2D eigenvalue weighted by Crippen LogP contribution is -1.87. The van der Waals surface area contributed by atoms with Crippen LogP contribution in [-0.2, 0) is 11.0 Å². The Bertz CT molecular complexity index is 511. The average molecular weight is 241 g/mol. The van der Waals surface area contributed by atoms with Gasteiger partial charge in [0, 0.05) is 6.20 Å². The standard InChI is InChI=1S/C9H7NO3S2/c11-15(12)13-9-10-6-8(14-9)7-4-2-1-3-5-7/h1-6,15H. The zero-order valence-corrected chi connectivity index (χ0v) is 9.20. The van der Waals surface area contributed by atoms with Crippen LogP contribution in [0.4, 0.5) is 0 Å². The Morgan fingerprint density at radius 3 is 2.60 bits per heavy atom. The Labute approximate surface area is 92.3 Å². The van der Waals surface area contributed by atoms with Gasteiger partial charge in [0.15, 0.2) is 0 Å². The van der Waals surface area contributed by atoms with E-state index in [2.05, 4.69) is 9.17 Å². The average Bonchev–Trinajstić information content (AvgIpc) is 2.67. The second-order valence-electron chi connectivity index (χ2n) is 2.67. The van der Waals surface area contributed by atoms with Crippen LogP contribution in [0.3, 0.4) is 0 Å². The number of rotatable bonds is 3. The molecule has 1 aromatic carbocycles. The minimum Gasteiger partial charge on any atom is -0.353 e. The van der Waals surface area contributed by atoms with Gasteiger partial charge >= 0.3 is 11.0 Å². The fraction of sp³-hybridized carbons (Fsp3) is 0. The van der Waals surface area contributed by atoms with E-state index in [0.717, 1.165) is 10.4 Å². The summed E-state index contributed by atoms with van der Waals surface area (Å²) in [6.07, 6.45) is 1.59. The second-order valence-corrected chi connectivity index (χ2v) is 4.29. The van der Waals surface area contributed by atoms with Crippen LogP contribution in [0, 0.1) is 0 Å². The number of thiazole rings is 1. The van der Waals surface area contributed by atoms with Gasteiger partial charge < -0.3 is 4.18 Å². The van der Waals surface area contributed by atoms with E-state index < -0.39 is 11.0 Å². The van der Waals surface area contributed by atoms with Crippen molar-refractivity contribution in [3.05, 3.63) is 36.5 Å². The molecule has 0 saturated carbocycles. The SMILES string of the molecule is O=[SH](=O)Oc1ncc(-c2ccccc2)s1. The molecule has 78 valence electrons. The van der Waals surface area contributed by atoms with Crippen LogP contribution < -0.4 is 4.18 Å². The van der Waals surface area contributed by atoms with Crippen molar-refractivity contribution in [3.8, 4) is 15.6 Å². The molecule has 0 aliphatic carbocycles. The molecule has 4 nitrogen and oxygen atoms in total. The summed E-state index contributed by atoms with van der Waals surface area (Å²) in [5.41, 5.74) is 0.992. The topological polar surface area (TPSA) is 56.3 Å². The van der Waals surface area contributed by atoms with Gasteiger partial charge in [0.1, 0.15) is 0 Å². The third kappa shape index (κ3) is 2.54. The molecular formula is C9H7NO3S2. The van der Waals surface area contributed by atoms with Gasteiger partial charge in [0.2, 0.25) is 0 Å². The molecule has 0 fully saturated rings. The highest BCUT2D eigenvalue weighted by Crippen LogP contribution is 2.29. The van der Waals surface area contributed by atoms with Gasteiger partial charge in [-0.2, -0.15) is 8.42 Å². The third-order valence-corrected chi connectivity index (χ3v) is 3.07. The smallest absolute Gasteiger partial charge is 0.301 e. The lowest BCUT2D eigenvalue weighted by molar-refractivity contribution is 0.508. The van der Waals surface area contributed by atoms with Crippen LogP contribution in [0.25, 0.3) is 10.4 Å². The molecule has 0 bridgehead atoms. The van der Waals surface area contributed by atoms with Crippen molar-refractivity contribution in [2.45, 2.75) is 0 Å². The molecule has 6 heteroatoms. The zero-order valence-electron chi connectivity index (χ0n) is 7.49. The quantitative estimate of drug-likeness (QED) is 0.831. The molecule has 2 aromatic rings. The highest BCUT2D eigenvalue weighted by Gasteiger charge is 2.05. The van der Waals surface area contributed by atoms with Crippen molar-refractivity contribution in [1.82, 2.24) is 4.98 Å². The van der Waals surface area contributed by atoms with Crippen LogP contribution >= 0.6 is 11.3 Å². The van der Waals surface area contributed by atoms with Crippen molar-refractivity contribution in [3.63, 3.8) is 0 Å². The maximum Gasteiger partial charge on any atom is 0.301 e. The Kier molecular flexibility index (Phi) is 2.98. The molecule has 2 rings (SSSR count). The van der Waals surface area contributed by atoms with Gasteiger partial charge in [-0.1, -0.05) is 41.7 Å². The first-order valence-corrected chi connectivity index (χ1v) is 6.00. The zero-order chi connectivity index (χ0) is 10.7. The van der Waals surface area contributed by atoms with Crippen LogP contribution in [0.1, 0.15) is 0 Å². The molecule has 0 spiro atoms. The molecule has 0 atom stereocenters. The van der Waals surface area contributed by atoms with Crippen molar-refractivity contribution in [2.24, 2.45) is 0 Å². The van der Waals surface area contributed by atoms with Crippen molar-refractivity contribution < 1.29 is 12.6 Å². The third-order valence-electron chi connectivity index (χ3n) is 1.70. The van der Waals surface area contributed by atoms with E-state index in [0.29, 0.717) is 0 Å². The second kappa shape index (κ2) is 4.41. The predicted octanol–water partition coefficient (Wildman–Crippen LogP) is 1.72. The van der Waals surface area contributed by atoms with Gasteiger partial charge in [-0.3, -0.25) is 0 Å². The molecule has 15 heavy (non-hydrogen) atoms. The van der Waals surface area contributed by atoms with E-state index in [1.54, 1.807) is 6.20 Å². The predicted molar refractivity (Wildman–Crippen MR) is 58.5 cm³/mol. The van der Waals surface area contributed by atoms with Crippen molar-refractivity contribution in [2.75, 3.05) is 0 Å². The summed E-state index contributed by atoms with van der Waals surface area (Å²) in [5, 5.41) is 0.143. The number of nitrogens with zero attached hydrogens (tertiary/aromatic N) is 1. The molecule has 0 amide bonds. The summed E-state index contributed by atoms with van der Waals surface area (Å²) < 4.78 is 25.1. The lowest BCUT2D eigenvalue weighted by Gasteiger charge is -1.92. The van der Waals surface area contributed by atoms with Gasteiger partial charge in [-0.05, 0) is 5.56 Å². The summed E-state index contributed by atoms with van der Waals surface area (Å²) in [7, 11) is -2.88. The molecule has 0 N–H and O–H groups in total.